The van der Waals surface area contributed by atoms with Gasteiger partial charge in [0.25, 0.3) is 0 Å². The molecule has 2 heteroatoms. The largest absolute Gasteiger partial charge is 0.342 e. The Kier molecular flexibility index (Phi) is 6.73. The fourth-order valence-corrected chi connectivity index (χ4v) is 2.93. The quantitative estimate of drug-likeness (QED) is 0.698. The molecule has 0 N–H and O–H groups in total. The van der Waals surface area contributed by atoms with Crippen molar-refractivity contribution in [3.63, 3.8) is 0 Å². The summed E-state index contributed by atoms with van der Waals surface area (Å²) >= 11 is 0. The number of amides is 1. The Bertz CT molecular complexity index is 231. The standard InChI is InChI=1S/C16H31NO/c1-13(2)11-17(12-14(3)4)16(18)10-15-8-6-5-7-9-15/h13-15H,5-12H2,1-4H3. The van der Waals surface area contributed by atoms with Crippen LogP contribution in [0.3, 0.4) is 0 Å². The van der Waals surface area contributed by atoms with Gasteiger partial charge in [-0.1, -0.05) is 47.0 Å². The fraction of sp³-hybridized carbons (Fsp3) is 0.938. The minimum Gasteiger partial charge on any atom is -0.342 e. The molecule has 18 heavy (non-hydrogen) atoms. The highest BCUT2D eigenvalue weighted by molar-refractivity contribution is 5.76. The summed E-state index contributed by atoms with van der Waals surface area (Å²) in [6, 6.07) is 0. The molecule has 106 valence electrons. The minimum atomic E-state index is 0.393. The Morgan fingerprint density at radius 1 is 1.00 bits per heavy atom. The predicted molar refractivity (Wildman–Crippen MR) is 77.4 cm³/mol. The topological polar surface area (TPSA) is 20.3 Å². The van der Waals surface area contributed by atoms with E-state index in [2.05, 4.69) is 32.6 Å². The molecular formula is C16H31NO. The van der Waals surface area contributed by atoms with Gasteiger partial charge in [-0.05, 0) is 30.6 Å². The Morgan fingerprint density at radius 3 is 1.94 bits per heavy atom. The second kappa shape index (κ2) is 7.81. The molecule has 0 saturated heterocycles. The van der Waals surface area contributed by atoms with E-state index in [9.17, 15) is 4.79 Å². The molecule has 0 bridgehead atoms. The molecule has 0 aromatic rings. The van der Waals surface area contributed by atoms with Crippen molar-refractivity contribution >= 4 is 5.91 Å². The van der Waals surface area contributed by atoms with Gasteiger partial charge in [-0.2, -0.15) is 0 Å². The molecule has 0 unspecified atom stereocenters. The summed E-state index contributed by atoms with van der Waals surface area (Å²) in [5, 5.41) is 0. The van der Waals surface area contributed by atoms with Crippen LogP contribution in [-0.2, 0) is 4.79 Å². The van der Waals surface area contributed by atoms with Crippen LogP contribution >= 0.6 is 0 Å². The van der Waals surface area contributed by atoms with Crippen molar-refractivity contribution in [2.45, 2.75) is 66.2 Å². The highest BCUT2D eigenvalue weighted by Crippen LogP contribution is 2.27. The molecule has 1 rings (SSSR count). The molecule has 1 amide bonds. The lowest BCUT2D eigenvalue weighted by atomic mass is 9.86. The van der Waals surface area contributed by atoms with Crippen LogP contribution in [0.1, 0.15) is 66.2 Å². The summed E-state index contributed by atoms with van der Waals surface area (Å²) in [6.07, 6.45) is 7.34. The van der Waals surface area contributed by atoms with Crippen molar-refractivity contribution in [2.24, 2.45) is 17.8 Å². The molecule has 1 aliphatic rings. The van der Waals surface area contributed by atoms with E-state index in [0.717, 1.165) is 19.5 Å². The van der Waals surface area contributed by atoms with Gasteiger partial charge in [-0.3, -0.25) is 4.79 Å². The lowest BCUT2D eigenvalue weighted by molar-refractivity contribution is -0.133. The first-order valence-electron chi connectivity index (χ1n) is 7.76. The number of carbonyl (C=O) groups is 1. The van der Waals surface area contributed by atoms with E-state index in [1.807, 2.05) is 0 Å². The van der Waals surface area contributed by atoms with Crippen molar-refractivity contribution in [1.82, 2.24) is 4.90 Å². The fourth-order valence-electron chi connectivity index (χ4n) is 2.93. The smallest absolute Gasteiger partial charge is 0.222 e. The molecule has 0 aliphatic heterocycles. The molecular weight excluding hydrogens is 222 g/mol. The van der Waals surface area contributed by atoms with E-state index in [0.29, 0.717) is 23.7 Å². The number of hydrogen-bond acceptors (Lipinski definition) is 1. The maximum atomic E-state index is 12.4. The van der Waals surface area contributed by atoms with Gasteiger partial charge in [0.2, 0.25) is 5.91 Å². The van der Waals surface area contributed by atoms with E-state index < -0.39 is 0 Å². The van der Waals surface area contributed by atoms with Gasteiger partial charge < -0.3 is 4.90 Å². The third kappa shape index (κ3) is 5.88. The van der Waals surface area contributed by atoms with E-state index in [-0.39, 0.29) is 0 Å². The highest BCUT2D eigenvalue weighted by Gasteiger charge is 2.21. The van der Waals surface area contributed by atoms with E-state index in [1.54, 1.807) is 0 Å². The van der Waals surface area contributed by atoms with Gasteiger partial charge in [-0.15, -0.1) is 0 Å². The molecule has 1 fully saturated rings. The van der Waals surface area contributed by atoms with Crippen LogP contribution in [0.15, 0.2) is 0 Å². The van der Waals surface area contributed by atoms with Crippen LogP contribution in [0.2, 0.25) is 0 Å². The van der Waals surface area contributed by atoms with Gasteiger partial charge in [-0.25, -0.2) is 0 Å². The molecule has 0 aromatic carbocycles. The van der Waals surface area contributed by atoms with Crippen molar-refractivity contribution in [2.75, 3.05) is 13.1 Å². The average molecular weight is 253 g/mol. The number of rotatable bonds is 6. The van der Waals surface area contributed by atoms with Crippen molar-refractivity contribution in [3.05, 3.63) is 0 Å². The number of nitrogens with zero attached hydrogens (tertiary/aromatic N) is 1. The van der Waals surface area contributed by atoms with E-state index >= 15 is 0 Å². The van der Waals surface area contributed by atoms with Crippen LogP contribution in [0.4, 0.5) is 0 Å². The average Bonchev–Trinajstić information content (AvgIpc) is 2.28. The normalized spacial score (nSPS) is 17.4. The summed E-state index contributed by atoms with van der Waals surface area (Å²) < 4.78 is 0. The zero-order valence-electron chi connectivity index (χ0n) is 12.7. The first-order chi connectivity index (χ1) is 8.49. The zero-order chi connectivity index (χ0) is 13.5. The van der Waals surface area contributed by atoms with Crippen LogP contribution < -0.4 is 0 Å². The van der Waals surface area contributed by atoms with E-state index in [4.69, 9.17) is 0 Å². The lowest BCUT2D eigenvalue weighted by Gasteiger charge is -2.29. The van der Waals surface area contributed by atoms with Crippen molar-refractivity contribution in [3.8, 4) is 0 Å². The second-order valence-corrected chi connectivity index (χ2v) is 6.79. The Morgan fingerprint density at radius 2 is 1.50 bits per heavy atom. The van der Waals surface area contributed by atoms with Crippen LogP contribution in [0.5, 0.6) is 0 Å². The molecule has 0 heterocycles. The van der Waals surface area contributed by atoms with Crippen LogP contribution in [0.25, 0.3) is 0 Å². The van der Waals surface area contributed by atoms with Crippen LogP contribution in [0, 0.1) is 17.8 Å². The van der Waals surface area contributed by atoms with Gasteiger partial charge >= 0.3 is 0 Å². The number of hydrogen-bond donors (Lipinski definition) is 0. The molecule has 1 saturated carbocycles. The second-order valence-electron chi connectivity index (χ2n) is 6.79. The molecule has 0 radical (unpaired) electrons. The summed E-state index contributed by atoms with van der Waals surface area (Å²) in [7, 11) is 0. The summed E-state index contributed by atoms with van der Waals surface area (Å²) in [5.41, 5.74) is 0. The predicted octanol–water partition coefficient (Wildman–Crippen LogP) is 4.10. The first kappa shape index (κ1) is 15.5. The van der Waals surface area contributed by atoms with Crippen molar-refractivity contribution < 1.29 is 4.79 Å². The maximum Gasteiger partial charge on any atom is 0.222 e. The number of carbonyl (C=O) groups excluding carboxylic acids is 1. The molecule has 0 atom stereocenters. The molecule has 2 nitrogen and oxygen atoms in total. The lowest BCUT2D eigenvalue weighted by Crippen LogP contribution is -2.38. The molecule has 0 aromatic heterocycles. The van der Waals surface area contributed by atoms with Gasteiger partial charge in [0.1, 0.15) is 0 Å². The SMILES string of the molecule is CC(C)CN(CC(C)C)C(=O)CC1CCCCC1. The van der Waals surface area contributed by atoms with Gasteiger partial charge in [0, 0.05) is 19.5 Å². The Hall–Kier alpha value is -0.530. The summed E-state index contributed by atoms with van der Waals surface area (Å²) in [6.45, 7) is 10.6. The Balaban J connectivity index is 2.46. The third-order valence-electron chi connectivity index (χ3n) is 3.71. The Labute approximate surface area is 113 Å². The monoisotopic (exact) mass is 253 g/mol. The molecule has 1 aliphatic carbocycles. The van der Waals surface area contributed by atoms with Crippen molar-refractivity contribution in [1.29, 1.82) is 0 Å². The minimum absolute atomic E-state index is 0.393. The first-order valence-corrected chi connectivity index (χ1v) is 7.76. The zero-order valence-corrected chi connectivity index (χ0v) is 12.7. The molecule has 0 spiro atoms. The van der Waals surface area contributed by atoms with Crippen LogP contribution in [-0.4, -0.2) is 23.9 Å². The maximum absolute atomic E-state index is 12.4. The van der Waals surface area contributed by atoms with Gasteiger partial charge in [0.05, 0.1) is 0 Å². The van der Waals surface area contributed by atoms with Gasteiger partial charge in [0.15, 0.2) is 0 Å². The highest BCUT2D eigenvalue weighted by atomic mass is 16.2. The summed E-state index contributed by atoms with van der Waals surface area (Å²) in [4.78, 5) is 14.5. The van der Waals surface area contributed by atoms with E-state index in [1.165, 1.54) is 32.1 Å². The summed E-state index contributed by atoms with van der Waals surface area (Å²) in [5.74, 6) is 2.19. The third-order valence-corrected chi connectivity index (χ3v) is 3.71.